The SMILES string of the molecule is Cc1ccc(C(=O)O)cc1NC(=O)C1CCCN1S(=O)(=O)c1ccccc1. The first-order valence-electron chi connectivity index (χ1n) is 8.52. The molecule has 1 amide bonds. The van der Waals surface area contributed by atoms with E-state index in [1.165, 1.54) is 28.6 Å². The Balaban J connectivity index is 1.85. The molecule has 7 nitrogen and oxygen atoms in total. The van der Waals surface area contributed by atoms with Crippen LogP contribution in [0.25, 0.3) is 0 Å². The zero-order valence-corrected chi connectivity index (χ0v) is 15.6. The van der Waals surface area contributed by atoms with Crippen molar-refractivity contribution in [1.29, 1.82) is 0 Å². The Labute approximate surface area is 157 Å². The molecule has 0 aliphatic carbocycles. The molecular weight excluding hydrogens is 368 g/mol. The van der Waals surface area contributed by atoms with Gasteiger partial charge in [-0.3, -0.25) is 4.79 Å². The maximum absolute atomic E-state index is 12.9. The van der Waals surface area contributed by atoms with Crippen molar-refractivity contribution in [2.75, 3.05) is 11.9 Å². The molecule has 8 heteroatoms. The quantitative estimate of drug-likeness (QED) is 0.819. The van der Waals surface area contributed by atoms with Gasteiger partial charge in [0, 0.05) is 12.2 Å². The molecule has 142 valence electrons. The van der Waals surface area contributed by atoms with E-state index in [4.69, 9.17) is 5.11 Å². The van der Waals surface area contributed by atoms with Gasteiger partial charge in [-0.15, -0.1) is 0 Å². The van der Waals surface area contributed by atoms with Crippen LogP contribution in [-0.4, -0.2) is 42.3 Å². The Bertz CT molecular complexity index is 973. The second-order valence-corrected chi connectivity index (χ2v) is 8.30. The average molecular weight is 388 g/mol. The van der Waals surface area contributed by atoms with Gasteiger partial charge in [0.25, 0.3) is 0 Å². The van der Waals surface area contributed by atoms with Gasteiger partial charge in [0.15, 0.2) is 0 Å². The first-order chi connectivity index (χ1) is 12.8. The molecule has 1 unspecified atom stereocenters. The van der Waals surface area contributed by atoms with Crippen molar-refractivity contribution in [3.8, 4) is 0 Å². The number of aryl methyl sites for hydroxylation is 1. The molecule has 1 atom stereocenters. The van der Waals surface area contributed by atoms with Crippen LogP contribution in [0.15, 0.2) is 53.4 Å². The smallest absolute Gasteiger partial charge is 0.335 e. The molecule has 1 heterocycles. The minimum absolute atomic E-state index is 0.0519. The summed E-state index contributed by atoms with van der Waals surface area (Å²) in [7, 11) is -3.78. The molecule has 0 saturated carbocycles. The fourth-order valence-electron chi connectivity index (χ4n) is 3.12. The van der Waals surface area contributed by atoms with Crippen LogP contribution in [-0.2, 0) is 14.8 Å². The minimum atomic E-state index is -3.78. The average Bonchev–Trinajstić information content (AvgIpc) is 3.15. The second kappa shape index (κ2) is 7.50. The zero-order valence-electron chi connectivity index (χ0n) is 14.8. The molecule has 1 saturated heterocycles. The molecule has 2 N–H and O–H groups in total. The molecule has 0 bridgehead atoms. The Morgan fingerprint density at radius 3 is 2.52 bits per heavy atom. The van der Waals surface area contributed by atoms with Crippen LogP contribution in [0.5, 0.6) is 0 Å². The van der Waals surface area contributed by atoms with Crippen LogP contribution in [0, 0.1) is 6.92 Å². The predicted octanol–water partition coefficient (Wildman–Crippen LogP) is 2.49. The van der Waals surface area contributed by atoms with Gasteiger partial charge in [0.2, 0.25) is 15.9 Å². The third kappa shape index (κ3) is 3.86. The molecule has 1 fully saturated rings. The van der Waals surface area contributed by atoms with Gasteiger partial charge >= 0.3 is 5.97 Å². The monoisotopic (exact) mass is 388 g/mol. The molecule has 2 aromatic carbocycles. The molecule has 2 aromatic rings. The molecule has 1 aliphatic rings. The Hall–Kier alpha value is -2.71. The number of carbonyl (C=O) groups excluding carboxylic acids is 1. The minimum Gasteiger partial charge on any atom is -0.478 e. The molecule has 0 radical (unpaired) electrons. The summed E-state index contributed by atoms with van der Waals surface area (Å²) in [6.07, 6.45) is 0.994. The lowest BCUT2D eigenvalue weighted by Gasteiger charge is -2.23. The fourth-order valence-corrected chi connectivity index (χ4v) is 4.80. The van der Waals surface area contributed by atoms with E-state index < -0.39 is 27.9 Å². The number of carbonyl (C=O) groups is 2. The van der Waals surface area contributed by atoms with Crippen LogP contribution < -0.4 is 5.32 Å². The third-order valence-electron chi connectivity index (χ3n) is 4.60. The highest BCUT2D eigenvalue weighted by atomic mass is 32.2. The molecule has 0 aromatic heterocycles. The lowest BCUT2D eigenvalue weighted by molar-refractivity contribution is -0.119. The molecule has 1 aliphatic heterocycles. The normalized spacial score (nSPS) is 17.6. The topological polar surface area (TPSA) is 104 Å². The van der Waals surface area contributed by atoms with Crippen molar-refractivity contribution in [3.63, 3.8) is 0 Å². The van der Waals surface area contributed by atoms with Gasteiger partial charge in [-0.2, -0.15) is 4.31 Å². The van der Waals surface area contributed by atoms with Gasteiger partial charge < -0.3 is 10.4 Å². The van der Waals surface area contributed by atoms with E-state index in [2.05, 4.69) is 5.32 Å². The summed E-state index contributed by atoms with van der Waals surface area (Å²) in [5.41, 5.74) is 1.11. The number of aromatic carboxylic acids is 1. The van der Waals surface area contributed by atoms with Gasteiger partial charge in [-0.05, 0) is 49.6 Å². The van der Waals surface area contributed by atoms with Crippen molar-refractivity contribution >= 4 is 27.6 Å². The van der Waals surface area contributed by atoms with E-state index in [0.717, 1.165) is 0 Å². The zero-order chi connectivity index (χ0) is 19.6. The number of nitrogens with one attached hydrogen (secondary N) is 1. The number of carboxylic acid groups (broad SMARTS) is 1. The summed E-state index contributed by atoms with van der Waals surface area (Å²) in [6, 6.07) is 11.6. The maximum atomic E-state index is 12.9. The van der Waals surface area contributed by atoms with Crippen LogP contribution in [0.4, 0.5) is 5.69 Å². The van der Waals surface area contributed by atoms with Crippen LogP contribution in [0.2, 0.25) is 0 Å². The first kappa shape index (κ1) is 19.1. The maximum Gasteiger partial charge on any atom is 0.335 e. The summed E-state index contributed by atoms with van der Waals surface area (Å²) in [4.78, 5) is 24.1. The van der Waals surface area contributed by atoms with Crippen molar-refractivity contribution < 1.29 is 23.1 Å². The molecule has 27 heavy (non-hydrogen) atoms. The van der Waals surface area contributed by atoms with Gasteiger partial charge in [0.1, 0.15) is 6.04 Å². The van der Waals surface area contributed by atoms with E-state index >= 15 is 0 Å². The Morgan fingerprint density at radius 1 is 1.15 bits per heavy atom. The van der Waals surface area contributed by atoms with Crippen molar-refractivity contribution in [2.24, 2.45) is 0 Å². The number of nitrogens with zero attached hydrogens (tertiary/aromatic N) is 1. The Kier molecular flexibility index (Phi) is 5.29. The number of sulfonamides is 1. The summed E-state index contributed by atoms with van der Waals surface area (Å²) in [5, 5.41) is 11.8. The van der Waals surface area contributed by atoms with Crippen molar-refractivity contribution in [1.82, 2.24) is 4.31 Å². The molecular formula is C19H20N2O5S. The summed E-state index contributed by atoms with van der Waals surface area (Å²) < 4.78 is 27.0. The van der Waals surface area contributed by atoms with Crippen LogP contribution >= 0.6 is 0 Å². The number of hydrogen-bond acceptors (Lipinski definition) is 4. The van der Waals surface area contributed by atoms with E-state index in [9.17, 15) is 18.0 Å². The second-order valence-electron chi connectivity index (χ2n) is 6.41. The largest absolute Gasteiger partial charge is 0.478 e. The lowest BCUT2D eigenvalue weighted by Crippen LogP contribution is -2.43. The number of benzene rings is 2. The summed E-state index contributed by atoms with van der Waals surface area (Å²) >= 11 is 0. The number of amides is 1. The van der Waals surface area contributed by atoms with Crippen molar-refractivity contribution in [3.05, 3.63) is 59.7 Å². The number of anilines is 1. The first-order valence-corrected chi connectivity index (χ1v) is 9.96. The van der Waals surface area contributed by atoms with E-state index in [1.807, 2.05) is 0 Å². The van der Waals surface area contributed by atoms with Crippen LogP contribution in [0.3, 0.4) is 0 Å². The summed E-state index contributed by atoms with van der Waals surface area (Å²) in [5.74, 6) is -1.56. The standard InChI is InChI=1S/C19H20N2O5S/c1-13-9-10-14(19(23)24)12-16(13)20-18(22)17-8-5-11-21(17)27(25,26)15-6-3-2-4-7-15/h2-4,6-7,9-10,12,17H,5,8,11H2,1H3,(H,20,22)(H,23,24). The predicted molar refractivity (Wildman–Crippen MR) is 100 cm³/mol. The number of carboxylic acids is 1. The lowest BCUT2D eigenvalue weighted by atomic mass is 10.1. The Morgan fingerprint density at radius 2 is 1.85 bits per heavy atom. The highest BCUT2D eigenvalue weighted by molar-refractivity contribution is 7.89. The van der Waals surface area contributed by atoms with Gasteiger partial charge in [0.05, 0.1) is 10.5 Å². The highest BCUT2D eigenvalue weighted by Gasteiger charge is 2.39. The van der Waals surface area contributed by atoms with E-state index in [1.54, 1.807) is 31.2 Å². The van der Waals surface area contributed by atoms with Crippen molar-refractivity contribution in [2.45, 2.75) is 30.7 Å². The molecule has 3 rings (SSSR count). The number of rotatable bonds is 5. The number of hydrogen-bond donors (Lipinski definition) is 2. The highest BCUT2D eigenvalue weighted by Crippen LogP contribution is 2.27. The fraction of sp³-hybridized carbons (Fsp3) is 0.263. The van der Waals surface area contributed by atoms with E-state index in [-0.39, 0.29) is 17.0 Å². The van der Waals surface area contributed by atoms with E-state index in [0.29, 0.717) is 24.1 Å². The van der Waals surface area contributed by atoms with Gasteiger partial charge in [-0.1, -0.05) is 24.3 Å². The molecule has 0 spiro atoms. The van der Waals surface area contributed by atoms with Crippen LogP contribution in [0.1, 0.15) is 28.8 Å². The summed E-state index contributed by atoms with van der Waals surface area (Å²) in [6.45, 7) is 2.01. The van der Waals surface area contributed by atoms with Gasteiger partial charge in [-0.25, -0.2) is 13.2 Å². The third-order valence-corrected chi connectivity index (χ3v) is 6.52.